The van der Waals surface area contributed by atoms with Gasteiger partial charge in [0.2, 0.25) is 0 Å². The van der Waals surface area contributed by atoms with Crippen molar-refractivity contribution < 1.29 is 14.3 Å². The molecule has 3 nitrogen and oxygen atoms in total. The van der Waals surface area contributed by atoms with E-state index in [4.69, 9.17) is 9.47 Å². The summed E-state index contributed by atoms with van der Waals surface area (Å²) < 4.78 is 10.0. The van der Waals surface area contributed by atoms with Gasteiger partial charge in [-0.15, -0.1) is 0 Å². The maximum absolute atomic E-state index is 10.1. The molecule has 0 amide bonds. The molecule has 0 rings (SSSR count). The number of carbonyl (C=O) groups excluding carboxylic acids is 1. The normalized spacial score (nSPS) is 13.3. The van der Waals surface area contributed by atoms with E-state index in [0.29, 0.717) is 12.3 Å². The Bertz CT molecular complexity index is 110. The Morgan fingerprint density at radius 2 is 1.83 bits per heavy atom. The van der Waals surface area contributed by atoms with Crippen molar-refractivity contribution in [2.45, 2.75) is 32.5 Å². The van der Waals surface area contributed by atoms with Crippen LogP contribution in [0, 0.1) is 5.92 Å². The van der Waals surface area contributed by atoms with Crippen LogP contribution in [0.2, 0.25) is 0 Å². The Labute approximate surface area is 74.0 Å². The van der Waals surface area contributed by atoms with Crippen LogP contribution < -0.4 is 0 Å². The van der Waals surface area contributed by atoms with Crippen molar-refractivity contribution in [1.82, 2.24) is 0 Å². The molecule has 12 heavy (non-hydrogen) atoms. The Balaban J connectivity index is 3.43. The van der Waals surface area contributed by atoms with E-state index in [-0.39, 0.29) is 6.29 Å². The number of hydrogen-bond acceptors (Lipinski definition) is 3. The summed E-state index contributed by atoms with van der Waals surface area (Å²) in [5, 5.41) is 0. The fourth-order valence-corrected chi connectivity index (χ4v) is 1.03. The van der Waals surface area contributed by atoms with Crippen molar-refractivity contribution in [3.63, 3.8) is 0 Å². The molecule has 0 radical (unpaired) electrons. The first-order valence-electron chi connectivity index (χ1n) is 4.23. The highest BCUT2D eigenvalue weighted by Gasteiger charge is 2.07. The molecule has 0 fully saturated rings. The van der Waals surface area contributed by atoms with Gasteiger partial charge >= 0.3 is 0 Å². The lowest BCUT2D eigenvalue weighted by Crippen LogP contribution is -2.14. The van der Waals surface area contributed by atoms with Crippen molar-refractivity contribution in [1.29, 1.82) is 0 Å². The van der Waals surface area contributed by atoms with Crippen LogP contribution in [0.15, 0.2) is 0 Å². The van der Waals surface area contributed by atoms with E-state index in [9.17, 15) is 4.79 Å². The van der Waals surface area contributed by atoms with Gasteiger partial charge in [-0.25, -0.2) is 0 Å². The Kier molecular flexibility index (Phi) is 7.00. The summed E-state index contributed by atoms with van der Waals surface area (Å²) in [6.45, 7) is 2.05. The van der Waals surface area contributed by atoms with E-state index in [1.165, 1.54) is 0 Å². The fraction of sp³-hybridized carbons (Fsp3) is 0.889. The molecule has 0 aromatic carbocycles. The molecule has 0 aromatic heterocycles. The van der Waals surface area contributed by atoms with Crippen LogP contribution in [0.1, 0.15) is 26.2 Å². The summed E-state index contributed by atoms with van der Waals surface area (Å²) in [4.78, 5) is 10.1. The monoisotopic (exact) mass is 174 g/mol. The molecular formula is C9H18O3. The van der Waals surface area contributed by atoms with E-state index in [0.717, 1.165) is 19.1 Å². The SMILES string of the molecule is COC(CC[C@@H](C)CC=O)OC. The molecule has 0 aromatic rings. The zero-order valence-corrected chi connectivity index (χ0v) is 8.08. The van der Waals surface area contributed by atoms with Crippen molar-refractivity contribution >= 4 is 6.29 Å². The van der Waals surface area contributed by atoms with Gasteiger partial charge in [0.05, 0.1) is 0 Å². The van der Waals surface area contributed by atoms with Crippen LogP contribution in [-0.4, -0.2) is 26.8 Å². The highest BCUT2D eigenvalue weighted by Crippen LogP contribution is 2.12. The van der Waals surface area contributed by atoms with E-state index in [1.807, 2.05) is 0 Å². The van der Waals surface area contributed by atoms with E-state index in [2.05, 4.69) is 6.92 Å². The van der Waals surface area contributed by atoms with Crippen LogP contribution in [0.4, 0.5) is 0 Å². The van der Waals surface area contributed by atoms with Gasteiger partial charge in [0.25, 0.3) is 0 Å². The average molecular weight is 174 g/mol. The minimum absolute atomic E-state index is 0.126. The van der Waals surface area contributed by atoms with Gasteiger partial charge in [0.15, 0.2) is 6.29 Å². The lowest BCUT2D eigenvalue weighted by molar-refractivity contribution is -0.112. The molecule has 72 valence electrons. The van der Waals surface area contributed by atoms with Gasteiger partial charge in [-0.2, -0.15) is 0 Å². The molecule has 0 aliphatic heterocycles. The fourth-order valence-electron chi connectivity index (χ4n) is 1.03. The number of carbonyl (C=O) groups is 1. The maximum Gasteiger partial charge on any atom is 0.156 e. The largest absolute Gasteiger partial charge is 0.356 e. The van der Waals surface area contributed by atoms with Gasteiger partial charge in [-0.05, 0) is 18.8 Å². The van der Waals surface area contributed by atoms with Crippen LogP contribution in [0.3, 0.4) is 0 Å². The van der Waals surface area contributed by atoms with Gasteiger partial charge < -0.3 is 14.3 Å². The molecule has 3 heteroatoms. The molecule has 0 heterocycles. The third-order valence-corrected chi connectivity index (χ3v) is 1.92. The Hall–Kier alpha value is -0.410. The van der Waals surface area contributed by atoms with Crippen molar-refractivity contribution in [3.8, 4) is 0 Å². The third kappa shape index (κ3) is 5.27. The first-order valence-corrected chi connectivity index (χ1v) is 4.23. The summed E-state index contributed by atoms with van der Waals surface area (Å²) in [6, 6.07) is 0. The summed E-state index contributed by atoms with van der Waals surface area (Å²) >= 11 is 0. The second kappa shape index (κ2) is 7.25. The van der Waals surface area contributed by atoms with Crippen LogP contribution in [0.25, 0.3) is 0 Å². The van der Waals surface area contributed by atoms with Gasteiger partial charge in [0.1, 0.15) is 6.29 Å². The topological polar surface area (TPSA) is 35.5 Å². The van der Waals surface area contributed by atoms with E-state index in [1.54, 1.807) is 14.2 Å². The molecule has 0 spiro atoms. The average Bonchev–Trinajstić information content (AvgIpc) is 2.07. The number of ether oxygens (including phenoxy) is 2. The smallest absolute Gasteiger partial charge is 0.156 e. The predicted molar refractivity (Wildman–Crippen MR) is 46.9 cm³/mol. The van der Waals surface area contributed by atoms with Gasteiger partial charge in [-0.3, -0.25) is 0 Å². The molecule has 0 unspecified atom stereocenters. The Morgan fingerprint density at radius 1 is 1.25 bits per heavy atom. The van der Waals surface area contributed by atoms with Crippen molar-refractivity contribution in [3.05, 3.63) is 0 Å². The molecule has 0 saturated heterocycles. The highest BCUT2D eigenvalue weighted by atomic mass is 16.7. The van der Waals surface area contributed by atoms with Gasteiger partial charge in [-0.1, -0.05) is 6.92 Å². The highest BCUT2D eigenvalue weighted by molar-refractivity contribution is 5.49. The number of rotatable bonds is 7. The van der Waals surface area contributed by atoms with E-state index >= 15 is 0 Å². The number of hydrogen-bond donors (Lipinski definition) is 0. The van der Waals surface area contributed by atoms with Crippen molar-refractivity contribution in [2.75, 3.05) is 14.2 Å². The predicted octanol–water partition coefficient (Wildman–Crippen LogP) is 1.61. The second-order valence-electron chi connectivity index (χ2n) is 2.99. The molecule has 0 aliphatic carbocycles. The lowest BCUT2D eigenvalue weighted by Gasteiger charge is -2.14. The zero-order chi connectivity index (χ0) is 9.40. The van der Waals surface area contributed by atoms with E-state index < -0.39 is 0 Å². The summed E-state index contributed by atoms with van der Waals surface area (Å²) in [7, 11) is 3.25. The number of methoxy groups -OCH3 is 2. The Morgan fingerprint density at radius 3 is 2.25 bits per heavy atom. The summed E-state index contributed by atoms with van der Waals surface area (Å²) in [6.07, 6.45) is 3.27. The molecule has 0 saturated carbocycles. The molecule has 0 aliphatic rings. The second-order valence-corrected chi connectivity index (χ2v) is 2.99. The first-order chi connectivity index (χ1) is 5.74. The number of aldehydes is 1. The first kappa shape index (κ1) is 11.6. The quantitative estimate of drug-likeness (QED) is 0.434. The van der Waals surface area contributed by atoms with Crippen LogP contribution in [0.5, 0.6) is 0 Å². The zero-order valence-electron chi connectivity index (χ0n) is 8.08. The van der Waals surface area contributed by atoms with Crippen LogP contribution >= 0.6 is 0 Å². The standard InChI is InChI=1S/C9H18O3/c1-8(6-7-10)4-5-9(11-2)12-3/h7-9H,4-6H2,1-3H3/t8-/m1/s1. The molecular weight excluding hydrogens is 156 g/mol. The maximum atomic E-state index is 10.1. The third-order valence-electron chi connectivity index (χ3n) is 1.92. The summed E-state index contributed by atoms with van der Waals surface area (Å²) in [5.41, 5.74) is 0. The van der Waals surface area contributed by atoms with Gasteiger partial charge in [0, 0.05) is 20.6 Å². The molecule has 1 atom stereocenters. The van der Waals surface area contributed by atoms with Crippen molar-refractivity contribution in [2.24, 2.45) is 5.92 Å². The lowest BCUT2D eigenvalue weighted by atomic mass is 10.0. The molecule has 0 bridgehead atoms. The molecule has 0 N–H and O–H groups in total. The minimum atomic E-state index is -0.126. The van der Waals surface area contributed by atoms with Crippen LogP contribution in [-0.2, 0) is 14.3 Å². The summed E-state index contributed by atoms with van der Waals surface area (Å²) in [5.74, 6) is 0.426. The minimum Gasteiger partial charge on any atom is -0.356 e.